The number of ether oxygens (including phenoxy) is 2. The van der Waals surface area contributed by atoms with Crippen LogP contribution in [-0.4, -0.2) is 45.1 Å². The molecule has 0 saturated carbocycles. The second kappa shape index (κ2) is 10.9. The molecule has 2 aromatic carbocycles. The van der Waals surface area contributed by atoms with E-state index in [4.69, 9.17) is 9.47 Å². The van der Waals surface area contributed by atoms with Gasteiger partial charge in [-0.2, -0.15) is 0 Å². The van der Waals surface area contributed by atoms with Crippen LogP contribution in [0.15, 0.2) is 59.8 Å². The molecule has 0 bridgehead atoms. The third-order valence-electron chi connectivity index (χ3n) is 4.22. The molecule has 0 radical (unpaired) electrons. The van der Waals surface area contributed by atoms with Crippen LogP contribution in [0.25, 0.3) is 5.69 Å². The van der Waals surface area contributed by atoms with Crippen molar-refractivity contribution in [3.05, 3.63) is 60.4 Å². The third-order valence-corrected chi connectivity index (χ3v) is 5.14. The molecular formula is C23H27N5O4S. The van der Waals surface area contributed by atoms with E-state index in [0.29, 0.717) is 16.7 Å². The molecule has 1 heterocycles. The molecule has 0 aliphatic rings. The molecule has 0 saturated heterocycles. The molecule has 0 fully saturated rings. The van der Waals surface area contributed by atoms with Crippen LogP contribution in [0.2, 0.25) is 0 Å². The van der Waals surface area contributed by atoms with Crippen LogP contribution < -0.4 is 20.1 Å². The van der Waals surface area contributed by atoms with Gasteiger partial charge in [0.25, 0.3) is 0 Å². The minimum Gasteiger partial charge on any atom is -0.497 e. The van der Waals surface area contributed by atoms with E-state index in [1.54, 1.807) is 7.11 Å². The zero-order chi connectivity index (χ0) is 23.8. The van der Waals surface area contributed by atoms with Crippen molar-refractivity contribution in [1.29, 1.82) is 0 Å². The maximum absolute atomic E-state index is 12.2. The highest BCUT2D eigenvalue weighted by Gasteiger charge is 2.19. The summed E-state index contributed by atoms with van der Waals surface area (Å²) >= 11 is 1.18. The van der Waals surface area contributed by atoms with E-state index >= 15 is 0 Å². The van der Waals surface area contributed by atoms with Gasteiger partial charge in [0, 0.05) is 11.2 Å². The molecule has 10 heteroatoms. The molecule has 9 nitrogen and oxygen atoms in total. The van der Waals surface area contributed by atoms with Crippen molar-refractivity contribution in [3.63, 3.8) is 0 Å². The SMILES string of the molecule is COc1ccc(OCc2nnc(SCC(=O)NC(=O)NC(C)(C)C)n2-c2ccccc2)cc1. The van der Waals surface area contributed by atoms with Gasteiger partial charge in [0.1, 0.15) is 18.1 Å². The van der Waals surface area contributed by atoms with Crippen LogP contribution in [0.4, 0.5) is 4.79 Å². The van der Waals surface area contributed by atoms with E-state index in [0.717, 1.165) is 11.4 Å². The van der Waals surface area contributed by atoms with E-state index < -0.39 is 17.5 Å². The van der Waals surface area contributed by atoms with Gasteiger partial charge in [-0.15, -0.1) is 10.2 Å². The summed E-state index contributed by atoms with van der Waals surface area (Å²) in [6.07, 6.45) is 0. The number of amides is 3. The zero-order valence-electron chi connectivity index (χ0n) is 19.0. The highest BCUT2D eigenvalue weighted by molar-refractivity contribution is 7.99. The number of para-hydroxylation sites is 1. The van der Waals surface area contributed by atoms with Gasteiger partial charge in [0.15, 0.2) is 11.0 Å². The van der Waals surface area contributed by atoms with Crippen LogP contribution in [0.5, 0.6) is 11.5 Å². The Kier molecular flexibility index (Phi) is 7.94. The highest BCUT2D eigenvalue weighted by atomic mass is 32.2. The van der Waals surface area contributed by atoms with Crippen molar-refractivity contribution in [3.8, 4) is 17.2 Å². The Morgan fingerprint density at radius 1 is 1.00 bits per heavy atom. The number of aromatic nitrogens is 3. The first-order valence-corrected chi connectivity index (χ1v) is 11.2. The maximum atomic E-state index is 12.2. The van der Waals surface area contributed by atoms with Gasteiger partial charge in [-0.1, -0.05) is 30.0 Å². The highest BCUT2D eigenvalue weighted by Crippen LogP contribution is 2.23. The molecule has 0 atom stereocenters. The number of nitrogens with zero attached hydrogens (tertiary/aromatic N) is 3. The van der Waals surface area contributed by atoms with Crippen LogP contribution in [-0.2, 0) is 11.4 Å². The lowest BCUT2D eigenvalue weighted by atomic mass is 10.1. The average molecular weight is 470 g/mol. The lowest BCUT2D eigenvalue weighted by molar-refractivity contribution is -0.117. The van der Waals surface area contributed by atoms with Crippen molar-refractivity contribution >= 4 is 23.7 Å². The number of benzene rings is 2. The molecule has 2 N–H and O–H groups in total. The first-order valence-electron chi connectivity index (χ1n) is 10.3. The molecule has 3 aromatic rings. The first kappa shape index (κ1) is 24.1. The number of hydrogen-bond donors (Lipinski definition) is 2. The average Bonchev–Trinajstić information content (AvgIpc) is 3.18. The number of nitrogens with one attached hydrogen (secondary N) is 2. The van der Waals surface area contributed by atoms with Crippen LogP contribution in [0.1, 0.15) is 26.6 Å². The number of hydrogen-bond acceptors (Lipinski definition) is 7. The summed E-state index contributed by atoms with van der Waals surface area (Å²) in [5.41, 5.74) is 0.397. The summed E-state index contributed by atoms with van der Waals surface area (Å²) in [4.78, 5) is 24.2. The standard InChI is InChI=1S/C23H27N5O4S/c1-23(2,3)25-21(30)24-20(29)15-33-22-27-26-19(28(22)16-8-6-5-7-9-16)14-32-18-12-10-17(31-4)11-13-18/h5-13H,14-15H2,1-4H3,(H2,24,25,29,30). The Labute approximate surface area is 196 Å². The monoisotopic (exact) mass is 469 g/mol. The Hall–Kier alpha value is -3.53. The van der Waals surface area contributed by atoms with Crippen molar-refractivity contribution in [1.82, 2.24) is 25.4 Å². The van der Waals surface area contributed by atoms with Crippen LogP contribution in [0, 0.1) is 0 Å². The lowest BCUT2D eigenvalue weighted by Gasteiger charge is -2.20. The minimum atomic E-state index is -0.536. The van der Waals surface area contributed by atoms with Gasteiger partial charge in [-0.3, -0.25) is 14.7 Å². The van der Waals surface area contributed by atoms with E-state index in [2.05, 4.69) is 20.8 Å². The number of carbonyl (C=O) groups is 2. The van der Waals surface area contributed by atoms with Crippen LogP contribution in [0.3, 0.4) is 0 Å². The second-order valence-electron chi connectivity index (χ2n) is 8.07. The van der Waals surface area contributed by atoms with E-state index in [1.807, 2.05) is 79.9 Å². The maximum Gasteiger partial charge on any atom is 0.321 e. The topological polar surface area (TPSA) is 107 Å². The van der Waals surface area contributed by atoms with Crippen LogP contribution >= 0.6 is 11.8 Å². The molecule has 0 aliphatic heterocycles. The molecule has 0 aliphatic carbocycles. The molecule has 3 amide bonds. The zero-order valence-corrected chi connectivity index (χ0v) is 19.8. The number of urea groups is 1. The second-order valence-corrected chi connectivity index (χ2v) is 9.02. The number of thioether (sulfide) groups is 1. The molecule has 33 heavy (non-hydrogen) atoms. The number of carbonyl (C=O) groups excluding carboxylic acids is 2. The molecule has 0 unspecified atom stereocenters. The summed E-state index contributed by atoms with van der Waals surface area (Å²) in [5.74, 6) is 1.55. The molecule has 1 aromatic heterocycles. The fourth-order valence-corrected chi connectivity index (χ4v) is 3.58. The van der Waals surface area contributed by atoms with Crippen molar-refractivity contribution in [2.45, 2.75) is 38.1 Å². The largest absolute Gasteiger partial charge is 0.497 e. The Morgan fingerprint density at radius 3 is 2.30 bits per heavy atom. The number of methoxy groups -OCH3 is 1. The predicted octanol–water partition coefficient (Wildman–Crippen LogP) is 3.57. The smallest absolute Gasteiger partial charge is 0.321 e. The third kappa shape index (κ3) is 7.25. The van der Waals surface area contributed by atoms with Crippen molar-refractivity contribution < 1.29 is 19.1 Å². The van der Waals surface area contributed by atoms with Gasteiger partial charge < -0.3 is 14.8 Å². The van der Waals surface area contributed by atoms with E-state index in [1.165, 1.54) is 11.8 Å². The van der Waals surface area contributed by atoms with Gasteiger partial charge in [-0.25, -0.2) is 4.79 Å². The number of rotatable bonds is 8. The van der Waals surface area contributed by atoms with Crippen molar-refractivity contribution in [2.24, 2.45) is 0 Å². The molecule has 0 spiro atoms. The summed E-state index contributed by atoms with van der Waals surface area (Å²) in [5, 5.41) is 14.0. The summed E-state index contributed by atoms with van der Waals surface area (Å²) in [7, 11) is 1.61. The fraction of sp³-hybridized carbons (Fsp3) is 0.304. The first-order chi connectivity index (χ1) is 15.7. The predicted molar refractivity (Wildman–Crippen MR) is 126 cm³/mol. The molecular weight excluding hydrogens is 442 g/mol. The fourth-order valence-electron chi connectivity index (χ4n) is 2.81. The Balaban J connectivity index is 1.70. The van der Waals surface area contributed by atoms with Gasteiger partial charge in [0.2, 0.25) is 5.91 Å². The summed E-state index contributed by atoms with van der Waals surface area (Å²) in [6.45, 7) is 5.69. The number of imide groups is 1. The van der Waals surface area contributed by atoms with Gasteiger partial charge >= 0.3 is 6.03 Å². The summed E-state index contributed by atoms with van der Waals surface area (Å²) < 4.78 is 12.9. The molecule has 3 rings (SSSR count). The van der Waals surface area contributed by atoms with Crippen molar-refractivity contribution in [2.75, 3.05) is 12.9 Å². The molecule has 174 valence electrons. The summed E-state index contributed by atoms with van der Waals surface area (Å²) in [6, 6.07) is 16.3. The Bertz CT molecular complexity index is 1080. The van der Waals surface area contributed by atoms with Gasteiger partial charge in [0.05, 0.1) is 12.9 Å². The quantitative estimate of drug-likeness (QED) is 0.486. The Morgan fingerprint density at radius 2 is 1.67 bits per heavy atom. The normalized spacial score (nSPS) is 11.0. The van der Waals surface area contributed by atoms with E-state index in [9.17, 15) is 9.59 Å². The lowest BCUT2D eigenvalue weighted by Crippen LogP contribution is -2.48. The van der Waals surface area contributed by atoms with Gasteiger partial charge in [-0.05, 0) is 57.2 Å². The van der Waals surface area contributed by atoms with E-state index in [-0.39, 0.29) is 12.4 Å². The minimum absolute atomic E-state index is 0.00185.